The standard InChI is InChI=1S/C20H20N2O/c1-5-8-14-13(3)11-18(22-17(14)6-2)16-12-21-20-15(16)9-7-10-19(20)23-4/h5-12,21H,2H2,1,3-4H3/b8-5-. The molecular formula is C20H20N2O. The molecule has 116 valence electrons. The van der Waals surface area contributed by atoms with Gasteiger partial charge in [0.2, 0.25) is 0 Å². The Hall–Kier alpha value is -2.81. The van der Waals surface area contributed by atoms with Crippen molar-refractivity contribution in [1.29, 1.82) is 0 Å². The van der Waals surface area contributed by atoms with Crippen molar-refractivity contribution >= 4 is 23.1 Å². The number of fused-ring (bicyclic) bond motifs is 1. The number of methoxy groups -OCH3 is 1. The number of benzene rings is 1. The van der Waals surface area contributed by atoms with E-state index in [0.717, 1.165) is 39.2 Å². The predicted octanol–water partition coefficient (Wildman–Crippen LogP) is 5.22. The summed E-state index contributed by atoms with van der Waals surface area (Å²) >= 11 is 0. The van der Waals surface area contributed by atoms with Crippen molar-refractivity contribution in [1.82, 2.24) is 9.97 Å². The van der Waals surface area contributed by atoms with Crippen LogP contribution in [0.1, 0.15) is 23.7 Å². The lowest BCUT2D eigenvalue weighted by molar-refractivity contribution is 0.419. The van der Waals surface area contributed by atoms with Crippen LogP contribution in [-0.4, -0.2) is 17.1 Å². The number of ether oxygens (including phenoxy) is 1. The van der Waals surface area contributed by atoms with Crippen LogP contribution < -0.4 is 4.74 Å². The van der Waals surface area contributed by atoms with E-state index in [2.05, 4.69) is 36.7 Å². The molecule has 0 aliphatic carbocycles. The van der Waals surface area contributed by atoms with E-state index in [1.165, 1.54) is 5.56 Å². The highest BCUT2D eigenvalue weighted by molar-refractivity contribution is 5.98. The maximum Gasteiger partial charge on any atom is 0.142 e. The molecule has 2 heterocycles. The first kappa shape index (κ1) is 15.1. The maximum absolute atomic E-state index is 5.42. The van der Waals surface area contributed by atoms with Gasteiger partial charge in [0.1, 0.15) is 5.75 Å². The summed E-state index contributed by atoms with van der Waals surface area (Å²) in [5.41, 5.74) is 6.18. The zero-order valence-corrected chi connectivity index (χ0v) is 13.7. The average Bonchev–Trinajstić information content (AvgIpc) is 3.00. The molecule has 3 aromatic rings. The van der Waals surface area contributed by atoms with Gasteiger partial charge in [-0.1, -0.05) is 30.9 Å². The number of H-pyrrole nitrogens is 1. The van der Waals surface area contributed by atoms with E-state index in [4.69, 9.17) is 9.72 Å². The lowest BCUT2D eigenvalue weighted by atomic mass is 10.0. The molecule has 0 radical (unpaired) electrons. The Kier molecular flexibility index (Phi) is 4.02. The number of aromatic amines is 1. The van der Waals surface area contributed by atoms with E-state index in [0.29, 0.717) is 0 Å². The summed E-state index contributed by atoms with van der Waals surface area (Å²) in [4.78, 5) is 8.09. The second-order valence-corrected chi connectivity index (χ2v) is 5.41. The number of aromatic nitrogens is 2. The summed E-state index contributed by atoms with van der Waals surface area (Å²) in [6.07, 6.45) is 7.88. The summed E-state index contributed by atoms with van der Waals surface area (Å²) < 4.78 is 5.42. The Balaban J connectivity index is 2.23. The van der Waals surface area contributed by atoms with Crippen molar-refractivity contribution in [3.05, 3.63) is 59.9 Å². The molecule has 0 atom stereocenters. The van der Waals surface area contributed by atoms with E-state index in [1.54, 1.807) is 13.2 Å². The van der Waals surface area contributed by atoms with Gasteiger partial charge in [-0.25, -0.2) is 4.98 Å². The Labute approximate surface area is 136 Å². The topological polar surface area (TPSA) is 37.9 Å². The third-order valence-electron chi connectivity index (χ3n) is 3.99. The lowest BCUT2D eigenvalue weighted by Crippen LogP contribution is -1.94. The van der Waals surface area contributed by atoms with Gasteiger partial charge in [0.05, 0.1) is 24.0 Å². The van der Waals surface area contributed by atoms with E-state index in [9.17, 15) is 0 Å². The van der Waals surface area contributed by atoms with Crippen LogP contribution in [0.2, 0.25) is 0 Å². The first-order chi connectivity index (χ1) is 11.2. The number of para-hydroxylation sites is 1. The van der Waals surface area contributed by atoms with Crippen molar-refractivity contribution in [3.8, 4) is 17.0 Å². The summed E-state index contributed by atoms with van der Waals surface area (Å²) in [5.74, 6) is 0.833. The predicted molar refractivity (Wildman–Crippen MR) is 97.6 cm³/mol. The summed E-state index contributed by atoms with van der Waals surface area (Å²) in [6, 6.07) is 8.14. The highest BCUT2D eigenvalue weighted by Crippen LogP contribution is 2.33. The number of nitrogens with one attached hydrogen (secondary N) is 1. The zero-order chi connectivity index (χ0) is 16.4. The number of hydrogen-bond acceptors (Lipinski definition) is 2. The Bertz CT molecular complexity index is 903. The Morgan fingerprint density at radius 3 is 2.83 bits per heavy atom. The van der Waals surface area contributed by atoms with Crippen LogP contribution in [-0.2, 0) is 0 Å². The van der Waals surface area contributed by atoms with Gasteiger partial charge in [-0.3, -0.25) is 0 Å². The second-order valence-electron chi connectivity index (χ2n) is 5.41. The third-order valence-corrected chi connectivity index (χ3v) is 3.99. The fraction of sp³-hybridized carbons (Fsp3) is 0.150. The van der Waals surface area contributed by atoms with Crippen molar-refractivity contribution in [2.75, 3.05) is 7.11 Å². The minimum atomic E-state index is 0.833. The van der Waals surface area contributed by atoms with Gasteiger partial charge in [-0.05, 0) is 37.6 Å². The molecule has 3 nitrogen and oxygen atoms in total. The molecule has 0 bridgehead atoms. The molecule has 23 heavy (non-hydrogen) atoms. The minimum absolute atomic E-state index is 0.833. The minimum Gasteiger partial charge on any atom is -0.495 e. The Morgan fingerprint density at radius 1 is 1.30 bits per heavy atom. The van der Waals surface area contributed by atoms with E-state index in [1.807, 2.05) is 31.3 Å². The first-order valence-corrected chi connectivity index (χ1v) is 7.60. The molecule has 3 heteroatoms. The van der Waals surface area contributed by atoms with Gasteiger partial charge < -0.3 is 9.72 Å². The van der Waals surface area contributed by atoms with Gasteiger partial charge >= 0.3 is 0 Å². The van der Waals surface area contributed by atoms with E-state index >= 15 is 0 Å². The molecule has 0 spiro atoms. The normalized spacial score (nSPS) is 11.3. The van der Waals surface area contributed by atoms with Crippen LogP contribution in [0.25, 0.3) is 34.3 Å². The van der Waals surface area contributed by atoms with Crippen molar-refractivity contribution in [2.45, 2.75) is 13.8 Å². The molecular weight excluding hydrogens is 284 g/mol. The lowest BCUT2D eigenvalue weighted by Gasteiger charge is -2.09. The number of aryl methyl sites for hydroxylation is 1. The fourth-order valence-corrected chi connectivity index (χ4v) is 2.89. The summed E-state index contributed by atoms with van der Waals surface area (Å²) in [5, 5.41) is 1.10. The van der Waals surface area contributed by atoms with Crippen LogP contribution in [0, 0.1) is 6.92 Å². The van der Waals surface area contributed by atoms with Gasteiger partial charge in [-0.2, -0.15) is 0 Å². The number of hydrogen-bond donors (Lipinski definition) is 1. The monoisotopic (exact) mass is 304 g/mol. The van der Waals surface area contributed by atoms with Gasteiger partial charge in [0.15, 0.2) is 0 Å². The largest absolute Gasteiger partial charge is 0.495 e. The molecule has 3 rings (SSSR count). The molecule has 0 aliphatic heterocycles. The molecule has 0 saturated heterocycles. The smallest absolute Gasteiger partial charge is 0.142 e. The number of nitrogens with zero attached hydrogens (tertiary/aromatic N) is 1. The van der Waals surface area contributed by atoms with Gasteiger partial charge in [-0.15, -0.1) is 0 Å². The molecule has 2 aromatic heterocycles. The molecule has 0 fully saturated rings. The van der Waals surface area contributed by atoms with Crippen molar-refractivity contribution in [2.24, 2.45) is 0 Å². The molecule has 0 unspecified atom stereocenters. The molecule has 1 N–H and O–H groups in total. The SMILES string of the molecule is C=Cc1nc(-c2c[nH]c3c(OC)cccc23)cc(C)c1/C=C\C. The van der Waals surface area contributed by atoms with Crippen molar-refractivity contribution < 1.29 is 4.74 Å². The number of rotatable bonds is 4. The molecule has 0 amide bonds. The number of pyridine rings is 1. The molecule has 0 aliphatic rings. The average molecular weight is 304 g/mol. The van der Waals surface area contributed by atoms with Crippen LogP contribution >= 0.6 is 0 Å². The van der Waals surface area contributed by atoms with Crippen LogP contribution in [0.5, 0.6) is 5.75 Å². The quantitative estimate of drug-likeness (QED) is 0.717. The molecule has 1 aromatic carbocycles. The highest BCUT2D eigenvalue weighted by atomic mass is 16.5. The highest BCUT2D eigenvalue weighted by Gasteiger charge is 2.13. The van der Waals surface area contributed by atoms with Gasteiger partial charge in [0, 0.05) is 22.7 Å². The first-order valence-electron chi connectivity index (χ1n) is 7.60. The van der Waals surface area contributed by atoms with Crippen LogP contribution in [0.3, 0.4) is 0 Å². The zero-order valence-electron chi connectivity index (χ0n) is 13.7. The maximum atomic E-state index is 5.42. The second kappa shape index (κ2) is 6.13. The van der Waals surface area contributed by atoms with Crippen LogP contribution in [0.15, 0.2) is 43.1 Å². The fourth-order valence-electron chi connectivity index (χ4n) is 2.89. The third kappa shape index (κ3) is 2.55. The van der Waals surface area contributed by atoms with E-state index < -0.39 is 0 Å². The summed E-state index contributed by atoms with van der Waals surface area (Å²) in [7, 11) is 1.68. The number of allylic oxidation sites excluding steroid dienone is 1. The van der Waals surface area contributed by atoms with Crippen molar-refractivity contribution in [3.63, 3.8) is 0 Å². The van der Waals surface area contributed by atoms with Gasteiger partial charge in [0.25, 0.3) is 0 Å². The summed E-state index contributed by atoms with van der Waals surface area (Å²) in [6.45, 7) is 8.01. The Morgan fingerprint density at radius 2 is 2.13 bits per heavy atom. The van der Waals surface area contributed by atoms with Crippen LogP contribution in [0.4, 0.5) is 0 Å². The van der Waals surface area contributed by atoms with E-state index in [-0.39, 0.29) is 0 Å². The molecule has 0 saturated carbocycles.